The second-order valence-corrected chi connectivity index (χ2v) is 4.93. The fourth-order valence-electron chi connectivity index (χ4n) is 1.76. The van der Waals surface area contributed by atoms with Crippen LogP contribution in [0.25, 0.3) is 0 Å². The third-order valence-corrected chi connectivity index (χ3v) is 3.11. The van der Waals surface area contributed by atoms with Crippen LogP contribution in [0.1, 0.15) is 18.1 Å². The molecule has 0 aliphatic carbocycles. The number of hydrogen-bond donors (Lipinski definition) is 1. The van der Waals surface area contributed by atoms with Gasteiger partial charge >= 0.3 is 0 Å². The van der Waals surface area contributed by atoms with E-state index in [4.69, 9.17) is 5.26 Å². The monoisotopic (exact) mass is 300 g/mol. The maximum atomic E-state index is 8.94. The number of nitrogens with one attached hydrogen (secondary N) is 1. The summed E-state index contributed by atoms with van der Waals surface area (Å²) in [6.45, 7) is 2.13. The summed E-state index contributed by atoms with van der Waals surface area (Å²) in [4.78, 5) is 0. The lowest BCUT2D eigenvalue weighted by Gasteiger charge is -2.08. The van der Waals surface area contributed by atoms with Gasteiger partial charge in [-0.15, -0.1) is 0 Å². The van der Waals surface area contributed by atoms with Crippen LogP contribution in [0.4, 0.5) is 11.4 Å². The summed E-state index contributed by atoms with van der Waals surface area (Å²) in [6, 6.07) is 16.0. The van der Waals surface area contributed by atoms with E-state index in [1.165, 1.54) is 5.56 Å². The lowest BCUT2D eigenvalue weighted by Crippen LogP contribution is -1.92. The standard InChI is InChI=1S/C15H13BrN2/c1-2-11-4-3-5-14(7-11)18-15-8-12(10-17)6-13(16)9-15/h3-9,18H,2H2,1H3. The van der Waals surface area contributed by atoms with Crippen molar-refractivity contribution in [2.24, 2.45) is 0 Å². The Morgan fingerprint density at radius 1 is 1.17 bits per heavy atom. The Bertz CT molecular complexity index is 600. The number of nitrogens with zero attached hydrogens (tertiary/aromatic N) is 1. The average molecular weight is 301 g/mol. The third kappa shape index (κ3) is 3.12. The molecule has 0 aliphatic heterocycles. The van der Waals surface area contributed by atoms with Gasteiger partial charge in [-0.2, -0.15) is 5.26 Å². The molecule has 2 aromatic rings. The molecular formula is C15H13BrN2. The number of benzene rings is 2. The van der Waals surface area contributed by atoms with Crippen molar-refractivity contribution >= 4 is 27.3 Å². The van der Waals surface area contributed by atoms with Gasteiger partial charge in [-0.1, -0.05) is 35.0 Å². The summed E-state index contributed by atoms with van der Waals surface area (Å²) >= 11 is 3.40. The minimum absolute atomic E-state index is 0.638. The molecule has 2 aromatic carbocycles. The molecule has 0 bridgehead atoms. The van der Waals surface area contributed by atoms with Crippen molar-refractivity contribution in [1.29, 1.82) is 5.26 Å². The fourth-order valence-corrected chi connectivity index (χ4v) is 2.26. The Hall–Kier alpha value is -1.79. The number of nitriles is 1. The minimum Gasteiger partial charge on any atom is -0.355 e. The van der Waals surface area contributed by atoms with Crippen molar-refractivity contribution in [1.82, 2.24) is 0 Å². The van der Waals surface area contributed by atoms with Crippen LogP contribution in [0.15, 0.2) is 46.9 Å². The van der Waals surface area contributed by atoms with E-state index < -0.39 is 0 Å². The molecule has 0 atom stereocenters. The van der Waals surface area contributed by atoms with Gasteiger partial charge in [-0.25, -0.2) is 0 Å². The molecule has 0 aromatic heterocycles. The van der Waals surface area contributed by atoms with E-state index in [-0.39, 0.29) is 0 Å². The van der Waals surface area contributed by atoms with E-state index in [1.807, 2.05) is 24.3 Å². The highest BCUT2D eigenvalue weighted by Crippen LogP contribution is 2.23. The first-order chi connectivity index (χ1) is 8.71. The lowest BCUT2D eigenvalue weighted by atomic mass is 10.1. The van der Waals surface area contributed by atoms with Crippen molar-refractivity contribution in [3.05, 3.63) is 58.1 Å². The zero-order valence-electron chi connectivity index (χ0n) is 10.1. The van der Waals surface area contributed by atoms with Crippen LogP contribution < -0.4 is 5.32 Å². The largest absolute Gasteiger partial charge is 0.355 e. The number of halogens is 1. The smallest absolute Gasteiger partial charge is 0.0992 e. The summed E-state index contributed by atoms with van der Waals surface area (Å²) < 4.78 is 0.899. The second kappa shape index (κ2) is 5.70. The van der Waals surface area contributed by atoms with Crippen LogP contribution in [0.5, 0.6) is 0 Å². The van der Waals surface area contributed by atoms with Crippen molar-refractivity contribution in [2.75, 3.05) is 5.32 Å². The molecular weight excluding hydrogens is 288 g/mol. The van der Waals surface area contributed by atoms with E-state index in [1.54, 1.807) is 6.07 Å². The molecule has 0 amide bonds. The molecule has 0 heterocycles. The van der Waals surface area contributed by atoms with Crippen LogP contribution in [-0.4, -0.2) is 0 Å². The van der Waals surface area contributed by atoms with E-state index in [0.29, 0.717) is 5.56 Å². The number of anilines is 2. The van der Waals surface area contributed by atoms with Gasteiger partial charge in [0, 0.05) is 15.8 Å². The molecule has 18 heavy (non-hydrogen) atoms. The Morgan fingerprint density at radius 3 is 2.72 bits per heavy atom. The number of hydrogen-bond acceptors (Lipinski definition) is 2. The fraction of sp³-hybridized carbons (Fsp3) is 0.133. The van der Waals surface area contributed by atoms with E-state index >= 15 is 0 Å². The Balaban J connectivity index is 2.28. The van der Waals surface area contributed by atoms with Crippen LogP contribution in [0.2, 0.25) is 0 Å². The van der Waals surface area contributed by atoms with Crippen molar-refractivity contribution in [3.8, 4) is 6.07 Å². The summed E-state index contributed by atoms with van der Waals surface area (Å²) in [5.74, 6) is 0. The molecule has 1 N–H and O–H groups in total. The topological polar surface area (TPSA) is 35.8 Å². The Kier molecular flexibility index (Phi) is 4.01. The van der Waals surface area contributed by atoms with Gasteiger partial charge in [0.05, 0.1) is 11.6 Å². The van der Waals surface area contributed by atoms with Crippen molar-refractivity contribution < 1.29 is 0 Å². The second-order valence-electron chi connectivity index (χ2n) is 4.02. The molecule has 90 valence electrons. The molecule has 0 spiro atoms. The van der Waals surface area contributed by atoms with Crippen molar-refractivity contribution in [2.45, 2.75) is 13.3 Å². The third-order valence-electron chi connectivity index (χ3n) is 2.65. The summed E-state index contributed by atoms with van der Waals surface area (Å²) in [6.07, 6.45) is 1.01. The summed E-state index contributed by atoms with van der Waals surface area (Å²) in [5.41, 5.74) is 3.87. The lowest BCUT2D eigenvalue weighted by molar-refractivity contribution is 1.14. The molecule has 3 heteroatoms. The van der Waals surface area contributed by atoms with Crippen LogP contribution in [0, 0.1) is 11.3 Å². The normalized spacial score (nSPS) is 9.83. The van der Waals surface area contributed by atoms with E-state index in [0.717, 1.165) is 22.3 Å². The molecule has 2 nitrogen and oxygen atoms in total. The van der Waals surface area contributed by atoms with Gasteiger partial charge in [0.1, 0.15) is 0 Å². The van der Waals surface area contributed by atoms with E-state index in [2.05, 4.69) is 46.4 Å². The van der Waals surface area contributed by atoms with Gasteiger partial charge in [0.2, 0.25) is 0 Å². The minimum atomic E-state index is 0.638. The van der Waals surface area contributed by atoms with Crippen LogP contribution in [-0.2, 0) is 6.42 Å². The molecule has 0 saturated carbocycles. The van der Waals surface area contributed by atoms with Crippen LogP contribution >= 0.6 is 15.9 Å². The highest BCUT2D eigenvalue weighted by molar-refractivity contribution is 9.10. The highest BCUT2D eigenvalue weighted by atomic mass is 79.9. The predicted octanol–water partition coefficient (Wildman–Crippen LogP) is 4.63. The molecule has 0 unspecified atom stereocenters. The van der Waals surface area contributed by atoms with Gasteiger partial charge in [-0.05, 0) is 42.3 Å². The average Bonchev–Trinajstić information content (AvgIpc) is 2.38. The summed E-state index contributed by atoms with van der Waals surface area (Å²) in [5, 5.41) is 12.2. The van der Waals surface area contributed by atoms with Gasteiger partial charge < -0.3 is 5.32 Å². The number of rotatable bonds is 3. The molecule has 0 fully saturated rings. The molecule has 2 rings (SSSR count). The number of aryl methyl sites for hydroxylation is 1. The first-order valence-electron chi connectivity index (χ1n) is 5.78. The van der Waals surface area contributed by atoms with Crippen molar-refractivity contribution in [3.63, 3.8) is 0 Å². The Labute approximate surface area is 115 Å². The van der Waals surface area contributed by atoms with Crippen LogP contribution in [0.3, 0.4) is 0 Å². The molecule has 0 radical (unpaired) electrons. The zero-order chi connectivity index (χ0) is 13.0. The quantitative estimate of drug-likeness (QED) is 0.897. The summed E-state index contributed by atoms with van der Waals surface area (Å²) in [7, 11) is 0. The van der Waals surface area contributed by atoms with Gasteiger partial charge in [0.25, 0.3) is 0 Å². The van der Waals surface area contributed by atoms with Gasteiger partial charge in [-0.3, -0.25) is 0 Å². The Morgan fingerprint density at radius 2 is 2.00 bits per heavy atom. The zero-order valence-corrected chi connectivity index (χ0v) is 11.7. The maximum absolute atomic E-state index is 8.94. The first kappa shape index (κ1) is 12.7. The predicted molar refractivity (Wildman–Crippen MR) is 78.0 cm³/mol. The maximum Gasteiger partial charge on any atom is 0.0992 e. The molecule has 0 aliphatic rings. The van der Waals surface area contributed by atoms with E-state index in [9.17, 15) is 0 Å². The van der Waals surface area contributed by atoms with Gasteiger partial charge in [0.15, 0.2) is 0 Å². The first-order valence-corrected chi connectivity index (χ1v) is 6.57. The molecule has 0 saturated heterocycles. The SMILES string of the molecule is CCc1cccc(Nc2cc(Br)cc(C#N)c2)c1. The highest BCUT2D eigenvalue weighted by Gasteiger charge is 2.00.